The highest BCUT2D eigenvalue weighted by atomic mass is 16.5. The van der Waals surface area contributed by atoms with Gasteiger partial charge in [-0.15, -0.1) is 0 Å². The zero-order valence-corrected chi connectivity index (χ0v) is 8.78. The van der Waals surface area contributed by atoms with E-state index < -0.39 is 0 Å². The van der Waals surface area contributed by atoms with E-state index in [1.54, 1.807) is 10.7 Å². The van der Waals surface area contributed by atoms with Crippen LogP contribution in [0.3, 0.4) is 0 Å². The second-order valence-electron chi connectivity index (χ2n) is 3.32. The number of anilines is 1. The molecule has 0 saturated carbocycles. The summed E-state index contributed by atoms with van der Waals surface area (Å²) in [5.41, 5.74) is 5.48. The van der Waals surface area contributed by atoms with Gasteiger partial charge in [-0.05, 0) is 12.5 Å². The van der Waals surface area contributed by atoms with Crippen molar-refractivity contribution < 1.29 is 4.74 Å². The SMILES string of the molecule is CCCCCOCCn1ccc(N)n1. The van der Waals surface area contributed by atoms with Gasteiger partial charge < -0.3 is 10.5 Å². The Labute approximate surface area is 85.0 Å². The second kappa shape index (κ2) is 6.43. The normalized spacial score (nSPS) is 10.6. The monoisotopic (exact) mass is 197 g/mol. The minimum absolute atomic E-state index is 0.566. The average molecular weight is 197 g/mol. The molecule has 0 radical (unpaired) electrons. The predicted molar refractivity (Wildman–Crippen MR) is 57.0 cm³/mol. The van der Waals surface area contributed by atoms with Gasteiger partial charge in [-0.3, -0.25) is 4.68 Å². The first-order valence-corrected chi connectivity index (χ1v) is 5.19. The van der Waals surface area contributed by atoms with Gasteiger partial charge in [0.25, 0.3) is 0 Å². The summed E-state index contributed by atoms with van der Waals surface area (Å²) < 4.78 is 7.25. The first-order valence-electron chi connectivity index (χ1n) is 5.19. The Bertz CT molecular complexity index is 247. The summed E-state index contributed by atoms with van der Waals surface area (Å²) in [6, 6.07) is 1.79. The Kier molecular flexibility index (Phi) is 5.07. The van der Waals surface area contributed by atoms with Crippen molar-refractivity contribution in [3.8, 4) is 0 Å². The number of unbranched alkanes of at least 4 members (excludes halogenated alkanes) is 2. The summed E-state index contributed by atoms with van der Waals surface area (Å²) in [7, 11) is 0. The van der Waals surface area contributed by atoms with Crippen molar-refractivity contribution in [1.82, 2.24) is 9.78 Å². The quantitative estimate of drug-likeness (QED) is 0.676. The number of nitrogens with two attached hydrogens (primary N) is 1. The molecule has 4 nitrogen and oxygen atoms in total. The molecule has 0 unspecified atom stereocenters. The molecule has 14 heavy (non-hydrogen) atoms. The van der Waals surface area contributed by atoms with Crippen molar-refractivity contribution >= 4 is 5.82 Å². The van der Waals surface area contributed by atoms with Crippen LogP contribution >= 0.6 is 0 Å². The minimum Gasteiger partial charge on any atom is -0.382 e. The maximum absolute atomic E-state index is 5.48. The maximum Gasteiger partial charge on any atom is 0.145 e. The molecule has 1 heterocycles. The van der Waals surface area contributed by atoms with Gasteiger partial charge >= 0.3 is 0 Å². The summed E-state index contributed by atoms with van der Waals surface area (Å²) in [5.74, 6) is 0.566. The number of hydrogen-bond acceptors (Lipinski definition) is 3. The first kappa shape index (κ1) is 11.0. The van der Waals surface area contributed by atoms with Gasteiger partial charge in [0.2, 0.25) is 0 Å². The van der Waals surface area contributed by atoms with Crippen LogP contribution in [0, 0.1) is 0 Å². The largest absolute Gasteiger partial charge is 0.382 e. The molecule has 4 heteroatoms. The third kappa shape index (κ3) is 4.28. The summed E-state index contributed by atoms with van der Waals surface area (Å²) >= 11 is 0. The number of rotatable bonds is 7. The van der Waals surface area contributed by atoms with Gasteiger partial charge in [-0.2, -0.15) is 5.10 Å². The standard InChI is InChI=1S/C10H19N3O/c1-2-3-4-8-14-9-7-13-6-5-10(11)12-13/h5-6H,2-4,7-9H2,1H3,(H2,11,12). The second-order valence-corrected chi connectivity index (χ2v) is 3.32. The number of hydrogen-bond donors (Lipinski definition) is 1. The van der Waals surface area contributed by atoms with Gasteiger partial charge in [-0.25, -0.2) is 0 Å². The Hall–Kier alpha value is -1.03. The number of nitrogens with zero attached hydrogens (tertiary/aromatic N) is 2. The molecule has 0 atom stereocenters. The highest BCUT2D eigenvalue weighted by molar-refractivity contribution is 5.23. The summed E-state index contributed by atoms with van der Waals surface area (Å²) in [6.45, 7) is 4.53. The lowest BCUT2D eigenvalue weighted by atomic mass is 10.3. The number of nitrogen functional groups attached to an aromatic ring is 1. The fraction of sp³-hybridized carbons (Fsp3) is 0.700. The van der Waals surface area contributed by atoms with E-state index in [9.17, 15) is 0 Å². The molecule has 1 aromatic rings. The van der Waals surface area contributed by atoms with Crippen LogP contribution in [0.2, 0.25) is 0 Å². The van der Waals surface area contributed by atoms with E-state index in [1.807, 2.05) is 6.20 Å². The molecule has 1 aromatic heterocycles. The molecular weight excluding hydrogens is 178 g/mol. The van der Waals surface area contributed by atoms with Crippen LogP contribution in [0.4, 0.5) is 5.82 Å². The fourth-order valence-electron chi connectivity index (χ4n) is 1.22. The van der Waals surface area contributed by atoms with Crippen LogP contribution in [-0.2, 0) is 11.3 Å². The van der Waals surface area contributed by atoms with Crippen molar-refractivity contribution in [3.05, 3.63) is 12.3 Å². The van der Waals surface area contributed by atoms with E-state index in [0.29, 0.717) is 12.4 Å². The minimum atomic E-state index is 0.566. The Morgan fingerprint density at radius 3 is 2.93 bits per heavy atom. The molecule has 0 aliphatic heterocycles. The van der Waals surface area contributed by atoms with Crippen molar-refractivity contribution in [2.24, 2.45) is 0 Å². The number of ether oxygens (including phenoxy) is 1. The molecule has 0 bridgehead atoms. The molecule has 0 aromatic carbocycles. The molecular formula is C10H19N3O. The topological polar surface area (TPSA) is 53.1 Å². The van der Waals surface area contributed by atoms with E-state index in [1.165, 1.54) is 12.8 Å². The van der Waals surface area contributed by atoms with Crippen LogP contribution < -0.4 is 5.73 Å². The smallest absolute Gasteiger partial charge is 0.145 e. The fourth-order valence-corrected chi connectivity index (χ4v) is 1.22. The van der Waals surface area contributed by atoms with E-state index >= 15 is 0 Å². The lowest BCUT2D eigenvalue weighted by Gasteiger charge is -2.03. The summed E-state index contributed by atoms with van der Waals surface area (Å²) in [6.07, 6.45) is 5.50. The Morgan fingerprint density at radius 1 is 1.43 bits per heavy atom. The van der Waals surface area contributed by atoms with Gasteiger partial charge in [-0.1, -0.05) is 19.8 Å². The van der Waals surface area contributed by atoms with Gasteiger partial charge in [0.05, 0.1) is 13.2 Å². The lowest BCUT2D eigenvalue weighted by molar-refractivity contribution is 0.120. The molecule has 0 aliphatic rings. The molecule has 2 N–H and O–H groups in total. The lowest BCUT2D eigenvalue weighted by Crippen LogP contribution is -2.07. The third-order valence-electron chi connectivity index (χ3n) is 2.02. The molecule has 1 rings (SSSR count). The van der Waals surface area contributed by atoms with E-state index in [4.69, 9.17) is 10.5 Å². The van der Waals surface area contributed by atoms with Crippen LogP contribution in [0.25, 0.3) is 0 Å². The number of aromatic nitrogens is 2. The van der Waals surface area contributed by atoms with E-state index in [-0.39, 0.29) is 0 Å². The molecule has 80 valence electrons. The van der Waals surface area contributed by atoms with Gasteiger partial charge in [0, 0.05) is 12.8 Å². The van der Waals surface area contributed by atoms with E-state index in [0.717, 1.165) is 19.6 Å². The van der Waals surface area contributed by atoms with Crippen molar-refractivity contribution in [1.29, 1.82) is 0 Å². The first-order chi connectivity index (χ1) is 6.83. The predicted octanol–water partition coefficient (Wildman–Crippen LogP) is 1.67. The van der Waals surface area contributed by atoms with Crippen LogP contribution in [-0.4, -0.2) is 23.0 Å². The highest BCUT2D eigenvalue weighted by Crippen LogP contribution is 1.97. The zero-order valence-electron chi connectivity index (χ0n) is 8.78. The molecule has 0 aliphatic carbocycles. The summed E-state index contributed by atoms with van der Waals surface area (Å²) in [5, 5.41) is 4.06. The third-order valence-corrected chi connectivity index (χ3v) is 2.02. The van der Waals surface area contributed by atoms with Crippen LogP contribution in [0.5, 0.6) is 0 Å². The molecule has 0 fully saturated rings. The van der Waals surface area contributed by atoms with Gasteiger partial charge in [0.1, 0.15) is 5.82 Å². The highest BCUT2D eigenvalue weighted by Gasteiger charge is 1.94. The van der Waals surface area contributed by atoms with Gasteiger partial charge in [0.15, 0.2) is 0 Å². The average Bonchev–Trinajstić information content (AvgIpc) is 2.58. The molecule has 0 amide bonds. The maximum atomic E-state index is 5.48. The Morgan fingerprint density at radius 2 is 2.29 bits per heavy atom. The van der Waals surface area contributed by atoms with Crippen molar-refractivity contribution in [3.63, 3.8) is 0 Å². The van der Waals surface area contributed by atoms with E-state index in [2.05, 4.69) is 12.0 Å². The van der Waals surface area contributed by atoms with Crippen molar-refractivity contribution in [2.75, 3.05) is 18.9 Å². The van der Waals surface area contributed by atoms with Crippen LogP contribution in [0.15, 0.2) is 12.3 Å². The Balaban J connectivity index is 1.99. The molecule has 0 spiro atoms. The summed E-state index contributed by atoms with van der Waals surface area (Å²) in [4.78, 5) is 0. The zero-order chi connectivity index (χ0) is 10.2. The van der Waals surface area contributed by atoms with Crippen LogP contribution in [0.1, 0.15) is 26.2 Å². The van der Waals surface area contributed by atoms with Crippen molar-refractivity contribution in [2.45, 2.75) is 32.7 Å². The molecule has 0 saturated heterocycles.